The first kappa shape index (κ1) is 62.4. The van der Waals surface area contributed by atoms with E-state index in [0.717, 1.165) is 83.5 Å². The molecular weight excluding hydrogens is 805 g/mol. The van der Waals surface area contributed by atoms with Crippen molar-refractivity contribution in [2.24, 2.45) is 0 Å². The molecule has 0 saturated carbocycles. The molecule has 0 saturated heterocycles. The molecule has 0 heterocycles. The van der Waals surface area contributed by atoms with Crippen molar-refractivity contribution in [3.8, 4) is 0 Å². The zero-order chi connectivity index (χ0) is 47.2. The Kier molecular flexibility index (Phi) is 51.8. The summed E-state index contributed by atoms with van der Waals surface area (Å²) >= 11 is 0. The van der Waals surface area contributed by atoms with Gasteiger partial charge in [-0.1, -0.05) is 262 Å². The van der Waals surface area contributed by atoms with Crippen molar-refractivity contribution >= 4 is 17.9 Å². The summed E-state index contributed by atoms with van der Waals surface area (Å²) in [6.07, 6.45) is 65.4. The molecule has 0 aliphatic carbocycles. The Morgan fingerprint density at radius 3 is 0.938 bits per heavy atom. The van der Waals surface area contributed by atoms with E-state index >= 15 is 0 Å². The van der Waals surface area contributed by atoms with Crippen LogP contribution in [0.3, 0.4) is 0 Å². The highest BCUT2D eigenvalue weighted by atomic mass is 16.6. The average molecular weight is 911 g/mol. The van der Waals surface area contributed by atoms with Gasteiger partial charge in [0.15, 0.2) is 6.10 Å². The van der Waals surface area contributed by atoms with E-state index in [1.807, 2.05) is 0 Å². The standard InChI is InChI=1S/C59H106O6/c1-4-7-10-13-16-19-22-24-26-27-28-29-30-31-33-35-38-41-44-47-50-53-59(62)65-56(54-63-57(60)51-48-45-42-39-36-21-18-15-12-9-6-3)55-64-58(61)52-49-46-43-40-37-34-32-25-23-20-17-14-11-8-5-2/h8,11,17,20,25,32,37,40,56H,4-7,9-10,12-16,18-19,21-24,26-31,33-36,38-39,41-55H2,1-3H3/b11-8-,20-17-,32-25-,40-37-/t56-/m0/s1. The Labute approximate surface area is 403 Å². The second-order valence-corrected chi connectivity index (χ2v) is 18.8. The van der Waals surface area contributed by atoms with Crippen LogP contribution in [0.25, 0.3) is 0 Å². The van der Waals surface area contributed by atoms with E-state index < -0.39 is 6.10 Å². The number of carbonyl (C=O) groups is 3. The zero-order valence-electron chi connectivity index (χ0n) is 43.3. The van der Waals surface area contributed by atoms with E-state index in [9.17, 15) is 14.4 Å². The molecule has 1 atom stereocenters. The number of allylic oxidation sites excluding steroid dienone is 8. The van der Waals surface area contributed by atoms with E-state index in [4.69, 9.17) is 14.2 Å². The summed E-state index contributed by atoms with van der Waals surface area (Å²) in [4.78, 5) is 38.0. The Hall–Kier alpha value is -2.63. The van der Waals surface area contributed by atoms with Crippen LogP contribution in [0.5, 0.6) is 0 Å². The van der Waals surface area contributed by atoms with Crippen molar-refractivity contribution in [1.82, 2.24) is 0 Å². The summed E-state index contributed by atoms with van der Waals surface area (Å²) < 4.78 is 16.8. The van der Waals surface area contributed by atoms with Gasteiger partial charge >= 0.3 is 17.9 Å². The molecule has 65 heavy (non-hydrogen) atoms. The SMILES string of the molecule is CC/C=C\C/C=C\C/C=C\C/C=C\CCCCC(=O)OC[C@H](COC(=O)CCCCCCCCCCCCC)OC(=O)CCCCCCCCCCCCCCCCCCCCCCC. The highest BCUT2D eigenvalue weighted by molar-refractivity contribution is 5.71. The predicted octanol–water partition coefficient (Wildman–Crippen LogP) is 18.7. The van der Waals surface area contributed by atoms with Crippen LogP contribution in [-0.4, -0.2) is 37.2 Å². The molecule has 6 nitrogen and oxygen atoms in total. The molecule has 6 heteroatoms. The summed E-state index contributed by atoms with van der Waals surface area (Å²) in [6.45, 7) is 6.52. The summed E-state index contributed by atoms with van der Waals surface area (Å²) in [5.74, 6) is -0.912. The first-order chi connectivity index (χ1) is 32.0. The lowest BCUT2D eigenvalue weighted by atomic mass is 10.0. The fourth-order valence-corrected chi connectivity index (χ4v) is 8.14. The second-order valence-electron chi connectivity index (χ2n) is 18.8. The number of rotatable bonds is 51. The maximum Gasteiger partial charge on any atom is 0.306 e. The minimum atomic E-state index is -0.785. The number of carbonyl (C=O) groups excluding carboxylic acids is 3. The molecule has 0 aromatic rings. The number of esters is 3. The predicted molar refractivity (Wildman–Crippen MR) is 279 cm³/mol. The third kappa shape index (κ3) is 52.2. The second kappa shape index (κ2) is 54.0. The van der Waals surface area contributed by atoms with Gasteiger partial charge in [0, 0.05) is 19.3 Å². The largest absolute Gasteiger partial charge is 0.462 e. The lowest BCUT2D eigenvalue weighted by Gasteiger charge is -2.18. The molecule has 0 aliphatic heterocycles. The molecule has 0 fully saturated rings. The summed E-state index contributed by atoms with van der Waals surface area (Å²) in [6, 6.07) is 0. The van der Waals surface area contributed by atoms with Gasteiger partial charge in [-0.2, -0.15) is 0 Å². The summed E-state index contributed by atoms with van der Waals surface area (Å²) in [5, 5.41) is 0. The fraction of sp³-hybridized carbons (Fsp3) is 0.814. The first-order valence-electron chi connectivity index (χ1n) is 28.1. The van der Waals surface area contributed by atoms with Gasteiger partial charge in [-0.3, -0.25) is 14.4 Å². The minimum Gasteiger partial charge on any atom is -0.462 e. The van der Waals surface area contributed by atoms with Crippen molar-refractivity contribution in [2.75, 3.05) is 13.2 Å². The van der Waals surface area contributed by atoms with Gasteiger partial charge in [0.2, 0.25) is 0 Å². The number of unbranched alkanes of at least 4 members (excludes halogenated alkanes) is 32. The van der Waals surface area contributed by atoms with E-state index in [1.54, 1.807) is 0 Å². The number of ether oxygens (including phenoxy) is 3. The lowest BCUT2D eigenvalue weighted by molar-refractivity contribution is -0.167. The van der Waals surface area contributed by atoms with E-state index in [1.165, 1.54) is 167 Å². The average Bonchev–Trinajstić information content (AvgIpc) is 3.30. The lowest BCUT2D eigenvalue weighted by Crippen LogP contribution is -2.30. The molecule has 0 N–H and O–H groups in total. The Morgan fingerprint density at radius 2 is 0.600 bits per heavy atom. The van der Waals surface area contributed by atoms with Crippen LogP contribution >= 0.6 is 0 Å². The molecule has 0 unspecified atom stereocenters. The maximum absolute atomic E-state index is 12.8. The molecular formula is C59H106O6. The smallest absolute Gasteiger partial charge is 0.306 e. The van der Waals surface area contributed by atoms with Crippen LogP contribution in [-0.2, 0) is 28.6 Å². The van der Waals surface area contributed by atoms with Gasteiger partial charge < -0.3 is 14.2 Å². The molecule has 0 aliphatic rings. The van der Waals surface area contributed by atoms with Crippen molar-refractivity contribution in [1.29, 1.82) is 0 Å². The number of hydrogen-bond acceptors (Lipinski definition) is 6. The number of hydrogen-bond donors (Lipinski definition) is 0. The maximum atomic E-state index is 12.8. The molecule has 0 amide bonds. The molecule has 378 valence electrons. The quantitative estimate of drug-likeness (QED) is 0.0262. The first-order valence-corrected chi connectivity index (χ1v) is 28.1. The third-order valence-corrected chi connectivity index (χ3v) is 12.3. The monoisotopic (exact) mass is 911 g/mol. The van der Waals surface area contributed by atoms with Crippen molar-refractivity contribution in [3.05, 3.63) is 48.6 Å². The van der Waals surface area contributed by atoms with Crippen LogP contribution in [0.15, 0.2) is 48.6 Å². The van der Waals surface area contributed by atoms with Crippen molar-refractivity contribution in [3.63, 3.8) is 0 Å². The Bertz CT molecular complexity index is 1140. The zero-order valence-corrected chi connectivity index (χ0v) is 43.3. The highest BCUT2D eigenvalue weighted by Gasteiger charge is 2.19. The summed E-state index contributed by atoms with van der Waals surface area (Å²) in [7, 11) is 0. The van der Waals surface area contributed by atoms with Gasteiger partial charge in [0.1, 0.15) is 13.2 Å². The van der Waals surface area contributed by atoms with E-state index in [-0.39, 0.29) is 31.1 Å². The van der Waals surface area contributed by atoms with Gasteiger partial charge in [-0.05, 0) is 57.8 Å². The topological polar surface area (TPSA) is 78.9 Å². The van der Waals surface area contributed by atoms with Gasteiger partial charge in [0.25, 0.3) is 0 Å². The third-order valence-electron chi connectivity index (χ3n) is 12.3. The molecule has 0 aromatic heterocycles. The molecule has 0 radical (unpaired) electrons. The molecule has 0 bridgehead atoms. The van der Waals surface area contributed by atoms with Crippen molar-refractivity contribution < 1.29 is 28.6 Å². The summed E-state index contributed by atoms with van der Waals surface area (Å²) in [5.41, 5.74) is 0. The van der Waals surface area contributed by atoms with Crippen LogP contribution in [0, 0.1) is 0 Å². The van der Waals surface area contributed by atoms with E-state index in [2.05, 4.69) is 69.4 Å². The van der Waals surface area contributed by atoms with Crippen LogP contribution in [0.2, 0.25) is 0 Å². The van der Waals surface area contributed by atoms with E-state index in [0.29, 0.717) is 19.3 Å². The Morgan fingerprint density at radius 1 is 0.323 bits per heavy atom. The van der Waals surface area contributed by atoms with Crippen LogP contribution in [0.1, 0.15) is 290 Å². The normalized spacial score (nSPS) is 12.4. The molecule has 0 spiro atoms. The van der Waals surface area contributed by atoms with Gasteiger partial charge in [-0.15, -0.1) is 0 Å². The molecule has 0 rings (SSSR count). The van der Waals surface area contributed by atoms with Gasteiger partial charge in [-0.25, -0.2) is 0 Å². The highest BCUT2D eigenvalue weighted by Crippen LogP contribution is 2.17. The Balaban J connectivity index is 4.32. The van der Waals surface area contributed by atoms with Crippen LogP contribution in [0.4, 0.5) is 0 Å². The van der Waals surface area contributed by atoms with Crippen LogP contribution < -0.4 is 0 Å². The minimum absolute atomic E-state index is 0.0823. The van der Waals surface area contributed by atoms with Gasteiger partial charge in [0.05, 0.1) is 0 Å². The van der Waals surface area contributed by atoms with Crippen molar-refractivity contribution in [2.45, 2.75) is 297 Å². The fourth-order valence-electron chi connectivity index (χ4n) is 8.14. The molecule has 0 aromatic carbocycles.